The van der Waals surface area contributed by atoms with Gasteiger partial charge in [-0.15, -0.1) is 11.3 Å². The number of hydrogen-bond acceptors (Lipinski definition) is 2. The molecule has 0 radical (unpaired) electrons. The van der Waals surface area contributed by atoms with Crippen molar-refractivity contribution < 1.29 is 0 Å². The van der Waals surface area contributed by atoms with Crippen LogP contribution < -0.4 is 5.32 Å². The molecule has 3 heteroatoms. The zero-order chi connectivity index (χ0) is 14.7. The van der Waals surface area contributed by atoms with Gasteiger partial charge in [0.2, 0.25) is 0 Å². The highest BCUT2D eigenvalue weighted by atomic mass is 79.9. The zero-order valence-corrected chi connectivity index (χ0v) is 14.8. The quantitative estimate of drug-likeness (QED) is 0.773. The van der Waals surface area contributed by atoms with E-state index in [1.807, 2.05) is 11.3 Å². The maximum Gasteiger partial charge on any atom is 0.0285 e. The molecule has 2 aromatic rings. The third-order valence-corrected chi connectivity index (χ3v) is 6.61. The monoisotopic (exact) mass is 363 g/mol. The zero-order valence-electron chi connectivity index (χ0n) is 12.4. The lowest BCUT2D eigenvalue weighted by Gasteiger charge is -2.38. The van der Waals surface area contributed by atoms with Crippen LogP contribution in [0.15, 0.2) is 46.3 Å². The summed E-state index contributed by atoms with van der Waals surface area (Å²) < 4.78 is 1.21. The number of rotatable bonds is 5. The van der Waals surface area contributed by atoms with E-state index in [1.54, 1.807) is 0 Å². The highest BCUT2D eigenvalue weighted by Crippen LogP contribution is 2.45. The predicted molar refractivity (Wildman–Crippen MR) is 95.2 cm³/mol. The molecule has 1 nitrogen and oxygen atoms in total. The van der Waals surface area contributed by atoms with E-state index in [0.717, 1.165) is 6.42 Å². The van der Waals surface area contributed by atoms with Crippen molar-refractivity contribution in [2.45, 2.75) is 43.6 Å². The van der Waals surface area contributed by atoms with Gasteiger partial charge in [-0.05, 0) is 53.9 Å². The second-order valence-electron chi connectivity index (χ2n) is 6.01. The number of benzene rings is 1. The SMILES string of the molecule is CNC(Cc1cc(Br)cs1)C1(c2ccccc2)CCCC1. The van der Waals surface area contributed by atoms with Gasteiger partial charge in [-0.25, -0.2) is 0 Å². The van der Waals surface area contributed by atoms with Crippen molar-refractivity contribution in [3.05, 3.63) is 56.7 Å². The first-order valence-corrected chi connectivity index (χ1v) is 9.37. The molecule has 1 aliphatic rings. The van der Waals surface area contributed by atoms with Gasteiger partial charge in [0.15, 0.2) is 0 Å². The maximum absolute atomic E-state index is 3.63. The molecule has 1 unspecified atom stereocenters. The van der Waals surface area contributed by atoms with E-state index in [9.17, 15) is 0 Å². The summed E-state index contributed by atoms with van der Waals surface area (Å²) >= 11 is 5.43. The molecule has 3 rings (SSSR count). The van der Waals surface area contributed by atoms with Crippen LogP contribution in [0.4, 0.5) is 0 Å². The van der Waals surface area contributed by atoms with Crippen LogP contribution in [0.25, 0.3) is 0 Å². The Morgan fingerprint density at radius 3 is 2.52 bits per heavy atom. The van der Waals surface area contributed by atoms with Gasteiger partial charge in [-0.3, -0.25) is 0 Å². The summed E-state index contributed by atoms with van der Waals surface area (Å²) in [6.07, 6.45) is 6.41. The van der Waals surface area contributed by atoms with E-state index < -0.39 is 0 Å². The van der Waals surface area contributed by atoms with E-state index in [2.05, 4.69) is 70.1 Å². The van der Waals surface area contributed by atoms with Crippen molar-refractivity contribution in [2.75, 3.05) is 7.05 Å². The standard InChI is InChI=1S/C18H22BrNS/c1-20-17(12-16-11-15(19)13-21-16)18(9-5-6-10-18)14-7-3-2-4-8-14/h2-4,7-8,11,13,17,20H,5-6,9-10,12H2,1H3. The highest BCUT2D eigenvalue weighted by Gasteiger charge is 2.42. The van der Waals surface area contributed by atoms with E-state index in [1.165, 1.54) is 40.6 Å². The van der Waals surface area contributed by atoms with Gasteiger partial charge in [0.25, 0.3) is 0 Å². The third-order valence-electron chi connectivity index (χ3n) is 4.89. The van der Waals surface area contributed by atoms with Crippen molar-refractivity contribution in [3.8, 4) is 0 Å². The predicted octanol–water partition coefficient (Wildman–Crippen LogP) is 5.15. The van der Waals surface area contributed by atoms with Crippen LogP contribution in [0, 0.1) is 0 Å². The second kappa shape index (κ2) is 6.64. The molecule has 0 spiro atoms. The smallest absolute Gasteiger partial charge is 0.0285 e. The van der Waals surface area contributed by atoms with Gasteiger partial charge in [0.05, 0.1) is 0 Å². The summed E-state index contributed by atoms with van der Waals surface area (Å²) in [5.41, 5.74) is 1.81. The molecule has 1 aromatic carbocycles. The van der Waals surface area contributed by atoms with Crippen LogP contribution in [0.2, 0.25) is 0 Å². The van der Waals surface area contributed by atoms with Crippen LogP contribution in [0.5, 0.6) is 0 Å². The van der Waals surface area contributed by atoms with E-state index in [-0.39, 0.29) is 0 Å². The summed E-state index contributed by atoms with van der Waals surface area (Å²) in [5, 5.41) is 5.82. The van der Waals surface area contributed by atoms with Crippen LogP contribution >= 0.6 is 27.3 Å². The molecule has 0 bridgehead atoms. The number of likely N-dealkylation sites (N-methyl/N-ethyl adjacent to an activating group) is 1. The average Bonchev–Trinajstić information content (AvgIpc) is 3.15. The normalized spacial score (nSPS) is 18.8. The lowest BCUT2D eigenvalue weighted by atomic mass is 9.71. The summed E-state index contributed by atoms with van der Waals surface area (Å²) in [6, 6.07) is 13.9. The lowest BCUT2D eigenvalue weighted by molar-refractivity contribution is 0.309. The van der Waals surface area contributed by atoms with Gasteiger partial charge in [-0.1, -0.05) is 43.2 Å². The van der Waals surface area contributed by atoms with Crippen LogP contribution in [-0.2, 0) is 11.8 Å². The van der Waals surface area contributed by atoms with Crippen molar-refractivity contribution in [1.29, 1.82) is 0 Å². The molecule has 1 fully saturated rings. The Labute approximate surface area is 139 Å². The van der Waals surface area contributed by atoms with Crippen LogP contribution in [0.3, 0.4) is 0 Å². The Morgan fingerprint density at radius 2 is 1.95 bits per heavy atom. The molecular formula is C18H22BrNS. The lowest BCUT2D eigenvalue weighted by Crippen LogP contribution is -2.46. The summed E-state index contributed by atoms with van der Waals surface area (Å²) in [4.78, 5) is 1.46. The van der Waals surface area contributed by atoms with Crippen molar-refractivity contribution >= 4 is 27.3 Å². The molecule has 21 heavy (non-hydrogen) atoms. The van der Waals surface area contributed by atoms with Gasteiger partial charge in [0.1, 0.15) is 0 Å². The minimum Gasteiger partial charge on any atom is -0.316 e. The molecule has 0 aliphatic heterocycles. The van der Waals surface area contributed by atoms with E-state index in [4.69, 9.17) is 0 Å². The van der Waals surface area contributed by atoms with E-state index >= 15 is 0 Å². The largest absolute Gasteiger partial charge is 0.316 e. The molecule has 0 saturated heterocycles. The molecule has 1 saturated carbocycles. The average molecular weight is 364 g/mol. The fraction of sp³-hybridized carbons (Fsp3) is 0.444. The Hall–Kier alpha value is -0.640. The maximum atomic E-state index is 3.63. The number of thiophene rings is 1. The van der Waals surface area contributed by atoms with E-state index in [0.29, 0.717) is 11.5 Å². The number of hydrogen-bond donors (Lipinski definition) is 1. The summed E-state index contributed by atoms with van der Waals surface area (Å²) in [5.74, 6) is 0. The van der Waals surface area contributed by atoms with Gasteiger partial charge >= 0.3 is 0 Å². The van der Waals surface area contributed by atoms with Crippen molar-refractivity contribution in [3.63, 3.8) is 0 Å². The number of nitrogens with one attached hydrogen (secondary N) is 1. The highest BCUT2D eigenvalue weighted by molar-refractivity contribution is 9.10. The molecule has 112 valence electrons. The van der Waals surface area contributed by atoms with Gasteiger partial charge < -0.3 is 5.32 Å². The molecule has 1 N–H and O–H groups in total. The second-order valence-corrected chi connectivity index (χ2v) is 7.92. The fourth-order valence-electron chi connectivity index (χ4n) is 3.85. The molecule has 1 heterocycles. The Bertz CT molecular complexity index is 572. The first-order valence-electron chi connectivity index (χ1n) is 7.70. The molecular weight excluding hydrogens is 342 g/mol. The van der Waals surface area contributed by atoms with Crippen LogP contribution in [-0.4, -0.2) is 13.1 Å². The fourth-order valence-corrected chi connectivity index (χ4v) is 5.35. The Kier molecular flexibility index (Phi) is 4.82. The number of halogens is 1. The summed E-state index contributed by atoms with van der Waals surface area (Å²) in [6.45, 7) is 0. The molecule has 1 atom stereocenters. The van der Waals surface area contributed by atoms with Gasteiger partial charge in [-0.2, -0.15) is 0 Å². The molecule has 1 aromatic heterocycles. The van der Waals surface area contributed by atoms with Crippen LogP contribution in [0.1, 0.15) is 36.1 Å². The third kappa shape index (κ3) is 3.10. The molecule has 0 amide bonds. The Morgan fingerprint density at radius 1 is 1.24 bits per heavy atom. The minimum absolute atomic E-state index is 0.298. The minimum atomic E-state index is 0.298. The summed E-state index contributed by atoms with van der Waals surface area (Å²) in [7, 11) is 2.12. The topological polar surface area (TPSA) is 12.0 Å². The van der Waals surface area contributed by atoms with Gasteiger partial charge in [0, 0.05) is 26.2 Å². The first-order chi connectivity index (χ1) is 10.2. The van der Waals surface area contributed by atoms with Crippen molar-refractivity contribution in [2.24, 2.45) is 0 Å². The first kappa shape index (κ1) is 15.3. The Balaban J connectivity index is 1.91. The molecule has 1 aliphatic carbocycles. The van der Waals surface area contributed by atoms with Crippen molar-refractivity contribution in [1.82, 2.24) is 5.32 Å².